The van der Waals surface area contributed by atoms with Gasteiger partial charge in [-0.05, 0) is 59.8 Å². The number of alkyl halides is 3. The van der Waals surface area contributed by atoms with Crippen LogP contribution in [0.1, 0.15) is 12.0 Å². The van der Waals surface area contributed by atoms with Crippen LogP contribution in [0.15, 0.2) is 108 Å². The molecule has 230 valence electrons. The monoisotopic (exact) mass is 637 g/mol. The van der Waals surface area contributed by atoms with Crippen LogP contribution in [0.5, 0.6) is 0 Å². The van der Waals surface area contributed by atoms with E-state index in [1.807, 2.05) is 48.5 Å². The van der Waals surface area contributed by atoms with Crippen molar-refractivity contribution in [3.63, 3.8) is 0 Å². The van der Waals surface area contributed by atoms with Gasteiger partial charge in [0, 0.05) is 72.1 Å². The molecule has 1 aliphatic heterocycles. The van der Waals surface area contributed by atoms with Gasteiger partial charge in [0.1, 0.15) is 0 Å². The SMILES string of the molecule is O=C(CCS)N1C=CN(c2ccc(-n3c(=O)ccc4cnc5ccc(-c6cnc7ccccc7c6)cc5c43)cc2C(F)(F)F)CC1. The molecule has 0 saturated heterocycles. The number of carbonyl (C=O) groups excluding carboxylic acids is 1. The summed E-state index contributed by atoms with van der Waals surface area (Å²) in [5.74, 6) is 0.238. The Hall–Kier alpha value is -5.16. The second-order valence-corrected chi connectivity index (χ2v) is 11.4. The molecule has 46 heavy (non-hydrogen) atoms. The topological polar surface area (TPSA) is 71.3 Å². The maximum absolute atomic E-state index is 14.6. The van der Waals surface area contributed by atoms with Crippen molar-refractivity contribution in [2.45, 2.75) is 12.6 Å². The maximum atomic E-state index is 14.6. The largest absolute Gasteiger partial charge is 0.418 e. The Morgan fingerprint density at radius 2 is 1.65 bits per heavy atom. The van der Waals surface area contributed by atoms with E-state index in [0.717, 1.165) is 28.1 Å². The summed E-state index contributed by atoms with van der Waals surface area (Å²) in [6, 6.07) is 22.3. The van der Waals surface area contributed by atoms with E-state index in [9.17, 15) is 22.8 Å². The van der Waals surface area contributed by atoms with Gasteiger partial charge in [0.05, 0.1) is 33.5 Å². The molecule has 4 heterocycles. The summed E-state index contributed by atoms with van der Waals surface area (Å²) in [7, 11) is 0. The third-order valence-electron chi connectivity index (χ3n) is 8.15. The molecule has 0 radical (unpaired) electrons. The van der Waals surface area contributed by atoms with Crippen LogP contribution in [0.4, 0.5) is 18.9 Å². The zero-order chi connectivity index (χ0) is 32.0. The maximum Gasteiger partial charge on any atom is 0.418 e. The van der Waals surface area contributed by atoms with E-state index in [-0.39, 0.29) is 36.8 Å². The van der Waals surface area contributed by atoms with Gasteiger partial charge in [0.2, 0.25) is 5.91 Å². The van der Waals surface area contributed by atoms with E-state index in [2.05, 4.69) is 22.6 Å². The third kappa shape index (κ3) is 5.36. The lowest BCUT2D eigenvalue weighted by Gasteiger charge is -2.32. The third-order valence-corrected chi connectivity index (χ3v) is 8.37. The van der Waals surface area contributed by atoms with E-state index in [0.29, 0.717) is 27.6 Å². The number of benzene rings is 3. The van der Waals surface area contributed by atoms with Crippen molar-refractivity contribution in [2.75, 3.05) is 23.7 Å². The number of amides is 1. The molecule has 0 saturated carbocycles. The van der Waals surface area contributed by atoms with Crippen molar-refractivity contribution in [1.29, 1.82) is 0 Å². The Labute approximate surface area is 266 Å². The minimum Gasteiger partial charge on any atom is -0.344 e. The number of pyridine rings is 3. The molecule has 1 amide bonds. The van der Waals surface area contributed by atoms with Crippen LogP contribution in [-0.4, -0.2) is 44.2 Å². The Balaban J connectivity index is 1.37. The van der Waals surface area contributed by atoms with Crippen LogP contribution in [0, 0.1) is 0 Å². The van der Waals surface area contributed by atoms with Crippen molar-refractivity contribution >= 4 is 56.9 Å². The van der Waals surface area contributed by atoms with Gasteiger partial charge in [-0.3, -0.25) is 24.1 Å². The predicted molar refractivity (Wildman–Crippen MR) is 177 cm³/mol. The lowest BCUT2D eigenvalue weighted by Crippen LogP contribution is -2.38. The molecule has 0 spiro atoms. The van der Waals surface area contributed by atoms with Gasteiger partial charge in [-0.15, -0.1) is 0 Å². The summed E-state index contributed by atoms with van der Waals surface area (Å²) in [5.41, 5.74) is 2.21. The molecule has 3 aromatic carbocycles. The number of thiol groups is 1. The number of halogens is 3. The van der Waals surface area contributed by atoms with Crippen LogP contribution in [-0.2, 0) is 11.0 Å². The fraction of sp³-hybridized carbons (Fsp3) is 0.143. The number of rotatable bonds is 5. The number of nitrogens with zero attached hydrogens (tertiary/aromatic N) is 5. The summed E-state index contributed by atoms with van der Waals surface area (Å²) in [4.78, 5) is 37.8. The van der Waals surface area contributed by atoms with Crippen molar-refractivity contribution in [3.05, 3.63) is 120 Å². The molecule has 0 aliphatic carbocycles. The standard InChI is InChI=1S/C35H26F3N5O2S/c36-35(37,38)28-19-26(7-9-31(28)41-12-14-42(15-13-41)32(44)11-16-46)43-33(45)10-6-24-20-40-30-8-5-22(18-27(30)34(24)43)25-17-23-3-1-2-4-29(23)39-21-25/h1-10,12,14,17-21,46H,11,13,15-16H2. The van der Waals surface area contributed by atoms with Gasteiger partial charge < -0.3 is 9.80 Å². The Morgan fingerprint density at radius 3 is 2.43 bits per heavy atom. The Morgan fingerprint density at radius 1 is 0.826 bits per heavy atom. The van der Waals surface area contributed by atoms with E-state index < -0.39 is 17.3 Å². The number of para-hydroxylation sites is 1. The van der Waals surface area contributed by atoms with Crippen molar-refractivity contribution in [1.82, 2.24) is 19.4 Å². The van der Waals surface area contributed by atoms with E-state index >= 15 is 0 Å². The first-order chi connectivity index (χ1) is 22.2. The normalized spacial score (nSPS) is 13.7. The number of fused-ring (bicyclic) bond motifs is 4. The van der Waals surface area contributed by atoms with Crippen LogP contribution in [0.3, 0.4) is 0 Å². The number of hydrogen-bond donors (Lipinski definition) is 1. The number of hydrogen-bond acceptors (Lipinski definition) is 6. The quantitative estimate of drug-likeness (QED) is 0.160. The van der Waals surface area contributed by atoms with Crippen LogP contribution in [0.2, 0.25) is 0 Å². The van der Waals surface area contributed by atoms with Crippen molar-refractivity contribution < 1.29 is 18.0 Å². The highest BCUT2D eigenvalue weighted by atomic mass is 32.1. The fourth-order valence-corrected chi connectivity index (χ4v) is 6.08. The number of anilines is 1. The van der Waals surface area contributed by atoms with Crippen LogP contribution < -0.4 is 10.5 Å². The summed E-state index contributed by atoms with van der Waals surface area (Å²) < 4.78 is 45.1. The molecule has 0 N–H and O–H groups in total. The fourth-order valence-electron chi connectivity index (χ4n) is 5.89. The molecule has 1 aliphatic rings. The first-order valence-electron chi connectivity index (χ1n) is 14.6. The second-order valence-electron chi connectivity index (χ2n) is 11.0. The molecular formula is C35H26F3N5O2S. The molecule has 0 fully saturated rings. The number of aromatic nitrogens is 3. The molecule has 6 aromatic rings. The van der Waals surface area contributed by atoms with Gasteiger partial charge >= 0.3 is 6.18 Å². The van der Waals surface area contributed by atoms with E-state index in [1.165, 1.54) is 45.0 Å². The summed E-state index contributed by atoms with van der Waals surface area (Å²) >= 11 is 4.08. The summed E-state index contributed by atoms with van der Waals surface area (Å²) in [6.07, 6.45) is 1.86. The molecule has 0 unspecified atom stereocenters. The number of carbonyl (C=O) groups is 1. The average Bonchev–Trinajstić information content (AvgIpc) is 3.07. The summed E-state index contributed by atoms with van der Waals surface area (Å²) in [5, 5.41) is 2.18. The zero-order valence-corrected chi connectivity index (χ0v) is 25.2. The minimum absolute atomic E-state index is 0.0697. The van der Waals surface area contributed by atoms with Crippen molar-refractivity contribution in [3.8, 4) is 16.8 Å². The van der Waals surface area contributed by atoms with Crippen molar-refractivity contribution in [2.24, 2.45) is 0 Å². The zero-order valence-electron chi connectivity index (χ0n) is 24.3. The highest BCUT2D eigenvalue weighted by Gasteiger charge is 2.36. The van der Waals surface area contributed by atoms with Gasteiger partial charge in [-0.25, -0.2) is 0 Å². The highest BCUT2D eigenvalue weighted by molar-refractivity contribution is 7.80. The van der Waals surface area contributed by atoms with Crippen LogP contribution >= 0.6 is 12.6 Å². The van der Waals surface area contributed by atoms with E-state index in [1.54, 1.807) is 18.5 Å². The van der Waals surface area contributed by atoms with Gasteiger partial charge in [0.25, 0.3) is 5.56 Å². The lowest BCUT2D eigenvalue weighted by molar-refractivity contribution is -0.137. The van der Waals surface area contributed by atoms with Gasteiger partial charge in [0.15, 0.2) is 0 Å². The van der Waals surface area contributed by atoms with Gasteiger partial charge in [-0.2, -0.15) is 25.8 Å². The second kappa shape index (κ2) is 11.6. The molecule has 7 nitrogen and oxygen atoms in total. The molecule has 7 rings (SSSR count). The predicted octanol–water partition coefficient (Wildman–Crippen LogP) is 7.21. The molecule has 3 aromatic heterocycles. The molecular weight excluding hydrogens is 611 g/mol. The first-order valence-corrected chi connectivity index (χ1v) is 15.2. The lowest BCUT2D eigenvalue weighted by atomic mass is 10.0. The Bertz CT molecular complexity index is 2250. The molecule has 0 atom stereocenters. The van der Waals surface area contributed by atoms with Crippen LogP contribution in [0.25, 0.3) is 49.5 Å². The first kappa shape index (κ1) is 29.5. The molecule has 0 bridgehead atoms. The van der Waals surface area contributed by atoms with Gasteiger partial charge in [-0.1, -0.05) is 24.3 Å². The Kier molecular flexibility index (Phi) is 7.48. The highest BCUT2D eigenvalue weighted by Crippen LogP contribution is 2.39. The average molecular weight is 638 g/mol. The minimum atomic E-state index is -4.72. The smallest absolute Gasteiger partial charge is 0.344 e. The summed E-state index contributed by atoms with van der Waals surface area (Å²) in [6.45, 7) is 0.410. The van der Waals surface area contributed by atoms with E-state index in [4.69, 9.17) is 0 Å². The molecule has 11 heteroatoms.